The Morgan fingerprint density at radius 2 is 2.00 bits per heavy atom. The molecule has 0 spiro atoms. The maximum absolute atomic E-state index is 12.1. The molecular formula is C18H24N2O2. The monoisotopic (exact) mass is 300 g/mol. The Balaban J connectivity index is 1.64. The van der Waals surface area contributed by atoms with Gasteiger partial charge in [0, 0.05) is 32.1 Å². The molecule has 1 aliphatic carbocycles. The third-order valence-electron chi connectivity index (χ3n) is 4.90. The van der Waals surface area contributed by atoms with Gasteiger partial charge < -0.3 is 10.2 Å². The first kappa shape index (κ1) is 15.1. The molecule has 0 unspecified atom stereocenters. The number of fused-ring (bicyclic) bond motifs is 1. The number of benzene rings is 1. The van der Waals surface area contributed by atoms with Gasteiger partial charge >= 0.3 is 0 Å². The fourth-order valence-corrected chi connectivity index (χ4v) is 3.59. The van der Waals surface area contributed by atoms with E-state index in [4.69, 9.17) is 0 Å². The lowest BCUT2D eigenvalue weighted by atomic mass is 9.98. The van der Waals surface area contributed by atoms with Gasteiger partial charge in [-0.1, -0.05) is 18.9 Å². The molecular weight excluding hydrogens is 276 g/mol. The minimum Gasteiger partial charge on any atom is -0.338 e. The summed E-state index contributed by atoms with van der Waals surface area (Å²) < 4.78 is 0. The molecule has 0 saturated heterocycles. The van der Waals surface area contributed by atoms with Crippen LogP contribution in [0.4, 0.5) is 5.69 Å². The van der Waals surface area contributed by atoms with Gasteiger partial charge in [-0.2, -0.15) is 0 Å². The number of nitrogens with zero attached hydrogens (tertiary/aromatic N) is 1. The lowest BCUT2D eigenvalue weighted by Gasteiger charge is -2.28. The van der Waals surface area contributed by atoms with E-state index in [-0.39, 0.29) is 11.8 Å². The van der Waals surface area contributed by atoms with Crippen molar-refractivity contribution in [3.8, 4) is 0 Å². The first-order valence-electron chi connectivity index (χ1n) is 8.29. The van der Waals surface area contributed by atoms with E-state index in [0.717, 1.165) is 24.2 Å². The van der Waals surface area contributed by atoms with Crippen LogP contribution in [0, 0.1) is 5.92 Å². The summed E-state index contributed by atoms with van der Waals surface area (Å²) in [6.07, 6.45) is 6.42. The van der Waals surface area contributed by atoms with Crippen LogP contribution in [-0.2, 0) is 22.6 Å². The molecule has 1 aliphatic heterocycles. The molecule has 1 N–H and O–H groups in total. The number of nitrogens with one attached hydrogen (secondary N) is 1. The molecule has 1 saturated carbocycles. The van der Waals surface area contributed by atoms with Crippen molar-refractivity contribution >= 4 is 17.5 Å². The summed E-state index contributed by atoms with van der Waals surface area (Å²) in [6.45, 7) is 3.05. The molecule has 0 bridgehead atoms. The molecule has 118 valence electrons. The topological polar surface area (TPSA) is 49.4 Å². The molecule has 0 radical (unpaired) electrons. The Bertz CT molecular complexity index is 576. The molecule has 1 aromatic carbocycles. The van der Waals surface area contributed by atoms with E-state index in [1.165, 1.54) is 31.2 Å². The molecule has 4 heteroatoms. The molecule has 4 nitrogen and oxygen atoms in total. The quantitative estimate of drug-likeness (QED) is 0.932. The van der Waals surface area contributed by atoms with Gasteiger partial charge in [-0.05, 0) is 48.4 Å². The summed E-state index contributed by atoms with van der Waals surface area (Å²) >= 11 is 0. The number of carbonyl (C=O) groups excluding carboxylic acids is 2. The van der Waals surface area contributed by atoms with Gasteiger partial charge in [0.2, 0.25) is 11.8 Å². The van der Waals surface area contributed by atoms with Gasteiger partial charge in [0.25, 0.3) is 0 Å². The maximum atomic E-state index is 12.1. The number of hydrogen-bond acceptors (Lipinski definition) is 2. The second-order valence-electron chi connectivity index (χ2n) is 6.58. The standard InChI is InChI=1S/C18H24N2O2/c1-13(21)20-9-8-15-6-7-17(11-16(15)12-20)19-18(22)10-14-4-2-3-5-14/h6-7,11,14H,2-5,8-10,12H2,1H3,(H,19,22). The van der Waals surface area contributed by atoms with E-state index < -0.39 is 0 Å². The van der Waals surface area contributed by atoms with Crippen molar-refractivity contribution in [1.82, 2.24) is 4.90 Å². The average molecular weight is 300 g/mol. The normalized spacial score (nSPS) is 18.1. The van der Waals surface area contributed by atoms with Crippen molar-refractivity contribution in [3.63, 3.8) is 0 Å². The van der Waals surface area contributed by atoms with E-state index in [1.54, 1.807) is 6.92 Å². The highest BCUT2D eigenvalue weighted by Gasteiger charge is 2.20. The van der Waals surface area contributed by atoms with E-state index in [2.05, 4.69) is 11.4 Å². The molecule has 1 fully saturated rings. The largest absolute Gasteiger partial charge is 0.338 e. The van der Waals surface area contributed by atoms with Crippen LogP contribution < -0.4 is 5.32 Å². The van der Waals surface area contributed by atoms with E-state index in [1.807, 2.05) is 17.0 Å². The molecule has 0 aromatic heterocycles. The lowest BCUT2D eigenvalue weighted by Crippen LogP contribution is -2.34. The highest BCUT2D eigenvalue weighted by atomic mass is 16.2. The van der Waals surface area contributed by atoms with Crippen LogP contribution in [0.3, 0.4) is 0 Å². The van der Waals surface area contributed by atoms with Gasteiger partial charge in [-0.15, -0.1) is 0 Å². The SMILES string of the molecule is CC(=O)N1CCc2ccc(NC(=O)CC3CCCC3)cc2C1. The summed E-state index contributed by atoms with van der Waals surface area (Å²) in [5.74, 6) is 0.790. The number of rotatable bonds is 3. The van der Waals surface area contributed by atoms with Gasteiger partial charge in [0.15, 0.2) is 0 Å². The van der Waals surface area contributed by atoms with Crippen molar-refractivity contribution in [2.24, 2.45) is 5.92 Å². The van der Waals surface area contributed by atoms with Crippen LogP contribution >= 0.6 is 0 Å². The number of anilines is 1. The Morgan fingerprint density at radius 3 is 2.73 bits per heavy atom. The third kappa shape index (κ3) is 3.49. The maximum Gasteiger partial charge on any atom is 0.224 e. The Hall–Kier alpha value is -1.84. The molecule has 3 rings (SSSR count). The third-order valence-corrected chi connectivity index (χ3v) is 4.90. The van der Waals surface area contributed by atoms with Crippen molar-refractivity contribution in [2.45, 2.75) is 52.0 Å². The zero-order valence-corrected chi connectivity index (χ0v) is 13.2. The summed E-state index contributed by atoms with van der Waals surface area (Å²) in [5, 5.41) is 3.02. The highest BCUT2D eigenvalue weighted by Crippen LogP contribution is 2.28. The minimum atomic E-state index is 0.112. The number of carbonyl (C=O) groups is 2. The van der Waals surface area contributed by atoms with Gasteiger partial charge in [-0.25, -0.2) is 0 Å². The van der Waals surface area contributed by atoms with Gasteiger partial charge in [0.05, 0.1) is 0 Å². The van der Waals surface area contributed by atoms with Crippen molar-refractivity contribution in [1.29, 1.82) is 0 Å². The van der Waals surface area contributed by atoms with Gasteiger partial charge in [-0.3, -0.25) is 9.59 Å². The summed E-state index contributed by atoms with van der Waals surface area (Å²) in [7, 11) is 0. The predicted molar refractivity (Wildman–Crippen MR) is 86.4 cm³/mol. The Kier molecular flexibility index (Phi) is 4.46. The van der Waals surface area contributed by atoms with Crippen LogP contribution in [-0.4, -0.2) is 23.3 Å². The zero-order chi connectivity index (χ0) is 15.5. The summed E-state index contributed by atoms with van der Waals surface area (Å²) in [4.78, 5) is 25.5. The van der Waals surface area contributed by atoms with Crippen molar-refractivity contribution in [2.75, 3.05) is 11.9 Å². The van der Waals surface area contributed by atoms with Crippen LogP contribution in [0.5, 0.6) is 0 Å². The van der Waals surface area contributed by atoms with Crippen molar-refractivity contribution < 1.29 is 9.59 Å². The molecule has 0 atom stereocenters. The van der Waals surface area contributed by atoms with E-state index in [0.29, 0.717) is 18.9 Å². The molecule has 2 amide bonds. The first-order valence-corrected chi connectivity index (χ1v) is 8.29. The molecule has 2 aliphatic rings. The van der Waals surface area contributed by atoms with Crippen LogP contribution in [0.2, 0.25) is 0 Å². The van der Waals surface area contributed by atoms with E-state index in [9.17, 15) is 9.59 Å². The Morgan fingerprint density at radius 1 is 1.23 bits per heavy atom. The van der Waals surface area contributed by atoms with E-state index >= 15 is 0 Å². The van der Waals surface area contributed by atoms with Gasteiger partial charge in [0.1, 0.15) is 0 Å². The van der Waals surface area contributed by atoms with Crippen molar-refractivity contribution in [3.05, 3.63) is 29.3 Å². The number of hydrogen-bond donors (Lipinski definition) is 1. The second-order valence-corrected chi connectivity index (χ2v) is 6.58. The fraction of sp³-hybridized carbons (Fsp3) is 0.556. The highest BCUT2D eigenvalue weighted by molar-refractivity contribution is 5.91. The summed E-state index contributed by atoms with van der Waals surface area (Å²) in [5.41, 5.74) is 3.29. The number of amides is 2. The first-order chi connectivity index (χ1) is 10.6. The molecule has 1 aromatic rings. The Labute approximate surface area is 131 Å². The minimum absolute atomic E-state index is 0.112. The lowest BCUT2D eigenvalue weighted by molar-refractivity contribution is -0.129. The second kappa shape index (κ2) is 6.51. The average Bonchev–Trinajstić information content (AvgIpc) is 2.99. The zero-order valence-electron chi connectivity index (χ0n) is 13.2. The van der Waals surface area contributed by atoms with Crippen LogP contribution in [0.15, 0.2) is 18.2 Å². The predicted octanol–water partition coefficient (Wildman–Crippen LogP) is 3.11. The molecule has 1 heterocycles. The summed E-state index contributed by atoms with van der Waals surface area (Å²) in [6, 6.07) is 6.09. The smallest absolute Gasteiger partial charge is 0.224 e. The van der Waals surface area contributed by atoms with Crippen LogP contribution in [0.25, 0.3) is 0 Å². The fourth-order valence-electron chi connectivity index (χ4n) is 3.59. The molecule has 22 heavy (non-hydrogen) atoms. The van der Waals surface area contributed by atoms with Crippen LogP contribution in [0.1, 0.15) is 50.2 Å².